The van der Waals surface area contributed by atoms with E-state index in [-0.39, 0.29) is 0 Å². The first-order valence-electron chi connectivity index (χ1n) is 4.59. The van der Waals surface area contributed by atoms with Crippen LogP contribution in [0.3, 0.4) is 0 Å². The van der Waals surface area contributed by atoms with E-state index in [9.17, 15) is 13.5 Å². The van der Waals surface area contributed by atoms with Crippen LogP contribution in [0.5, 0.6) is 0 Å². The molecule has 0 radical (unpaired) electrons. The van der Waals surface area contributed by atoms with E-state index in [0.29, 0.717) is 0 Å². The summed E-state index contributed by atoms with van der Waals surface area (Å²) in [6, 6.07) is 1.65. The fourth-order valence-electron chi connectivity index (χ4n) is 0.638. The maximum absolute atomic E-state index is 11.6. The minimum atomic E-state index is -3.72. The van der Waals surface area contributed by atoms with Crippen molar-refractivity contribution in [2.24, 2.45) is 0 Å². The number of aliphatic hydroxyl groups is 1. The average Bonchev–Trinajstić information content (AvgIpc) is 1.98. The van der Waals surface area contributed by atoms with Crippen LogP contribution in [0.25, 0.3) is 0 Å². The standard InChI is InChI=1S/C9H18N2O3S/c1-7(6-10)15(13,14)11-8(2,3)9(4,5)12/h7,11-12H,1-5H3. The molecule has 6 heteroatoms. The zero-order valence-corrected chi connectivity index (χ0v) is 10.5. The number of nitrogens with zero attached hydrogens (tertiary/aromatic N) is 1. The Balaban J connectivity index is 5.00. The predicted octanol–water partition coefficient (Wildman–Crippen LogP) is 0.367. The van der Waals surface area contributed by atoms with Crippen LogP contribution in [0, 0.1) is 11.3 Å². The van der Waals surface area contributed by atoms with Gasteiger partial charge in [0.25, 0.3) is 0 Å². The van der Waals surface area contributed by atoms with Gasteiger partial charge in [0, 0.05) is 0 Å². The molecule has 0 saturated carbocycles. The molecule has 0 heterocycles. The lowest BCUT2D eigenvalue weighted by Gasteiger charge is -2.37. The maximum Gasteiger partial charge on any atom is 0.228 e. The second-order valence-electron chi connectivity index (χ2n) is 4.60. The van der Waals surface area contributed by atoms with Gasteiger partial charge in [-0.05, 0) is 34.6 Å². The van der Waals surface area contributed by atoms with E-state index in [1.807, 2.05) is 0 Å². The van der Waals surface area contributed by atoms with Crippen LogP contribution < -0.4 is 4.72 Å². The quantitative estimate of drug-likeness (QED) is 0.735. The van der Waals surface area contributed by atoms with Gasteiger partial charge in [0.05, 0.1) is 17.2 Å². The van der Waals surface area contributed by atoms with E-state index in [0.717, 1.165) is 0 Å². The average molecular weight is 234 g/mol. The Kier molecular flexibility index (Phi) is 3.91. The van der Waals surface area contributed by atoms with E-state index < -0.39 is 26.4 Å². The molecule has 15 heavy (non-hydrogen) atoms. The first-order valence-corrected chi connectivity index (χ1v) is 6.13. The third-order valence-corrected chi connectivity index (χ3v) is 4.41. The number of nitrogens with one attached hydrogen (secondary N) is 1. The highest BCUT2D eigenvalue weighted by Crippen LogP contribution is 2.22. The summed E-state index contributed by atoms with van der Waals surface area (Å²) in [5.41, 5.74) is -2.24. The van der Waals surface area contributed by atoms with Crippen LogP contribution in [0.4, 0.5) is 0 Å². The highest BCUT2D eigenvalue weighted by Gasteiger charge is 2.39. The molecule has 0 fully saturated rings. The van der Waals surface area contributed by atoms with Crippen molar-refractivity contribution in [2.75, 3.05) is 0 Å². The molecule has 0 saturated heterocycles. The molecular formula is C9H18N2O3S. The van der Waals surface area contributed by atoms with Crippen LogP contribution in [-0.4, -0.2) is 29.9 Å². The topological polar surface area (TPSA) is 90.2 Å². The summed E-state index contributed by atoms with van der Waals surface area (Å²) in [6.45, 7) is 7.44. The molecule has 0 rings (SSSR count). The molecule has 1 unspecified atom stereocenters. The molecule has 0 aromatic heterocycles. The first kappa shape index (κ1) is 14.4. The van der Waals surface area contributed by atoms with Gasteiger partial charge in [0.1, 0.15) is 0 Å². The molecule has 0 bridgehead atoms. The Labute approximate surface area is 91.2 Å². The van der Waals surface area contributed by atoms with Crippen molar-refractivity contribution in [3.63, 3.8) is 0 Å². The largest absolute Gasteiger partial charge is 0.389 e. The summed E-state index contributed by atoms with van der Waals surface area (Å²) in [5.74, 6) is 0. The minimum Gasteiger partial charge on any atom is -0.389 e. The number of hydrogen-bond donors (Lipinski definition) is 2. The normalized spacial score (nSPS) is 15.8. The lowest BCUT2D eigenvalue weighted by molar-refractivity contribution is 0.00634. The van der Waals surface area contributed by atoms with Crippen LogP contribution in [0.1, 0.15) is 34.6 Å². The lowest BCUT2D eigenvalue weighted by Crippen LogP contribution is -2.58. The summed E-state index contributed by atoms with van der Waals surface area (Å²) >= 11 is 0. The SMILES string of the molecule is CC(C#N)S(=O)(=O)NC(C)(C)C(C)(C)O. The minimum absolute atomic E-state index is 1.03. The van der Waals surface area contributed by atoms with Crippen molar-refractivity contribution in [2.45, 2.75) is 51.0 Å². The van der Waals surface area contributed by atoms with E-state index in [1.165, 1.54) is 20.8 Å². The lowest BCUT2D eigenvalue weighted by atomic mass is 9.87. The van der Waals surface area contributed by atoms with Gasteiger partial charge in [-0.3, -0.25) is 0 Å². The van der Waals surface area contributed by atoms with Crippen molar-refractivity contribution >= 4 is 10.0 Å². The molecular weight excluding hydrogens is 216 g/mol. The molecule has 0 aliphatic heterocycles. The number of hydrogen-bond acceptors (Lipinski definition) is 4. The van der Waals surface area contributed by atoms with Gasteiger partial charge in [0.2, 0.25) is 10.0 Å². The molecule has 0 aliphatic rings. The van der Waals surface area contributed by atoms with Gasteiger partial charge in [-0.15, -0.1) is 0 Å². The molecule has 5 nitrogen and oxygen atoms in total. The van der Waals surface area contributed by atoms with E-state index >= 15 is 0 Å². The smallest absolute Gasteiger partial charge is 0.228 e. The van der Waals surface area contributed by atoms with Gasteiger partial charge in [-0.25, -0.2) is 13.1 Å². The van der Waals surface area contributed by atoms with Gasteiger partial charge in [0.15, 0.2) is 5.25 Å². The first-order chi connectivity index (χ1) is 6.44. The summed E-state index contributed by atoms with van der Waals surface area (Å²) in [6.07, 6.45) is 0. The third-order valence-electron chi connectivity index (χ3n) is 2.57. The number of rotatable bonds is 4. The molecule has 0 aliphatic carbocycles. The Morgan fingerprint density at radius 3 is 2.00 bits per heavy atom. The van der Waals surface area contributed by atoms with Gasteiger partial charge >= 0.3 is 0 Å². The van der Waals surface area contributed by atoms with Crippen molar-refractivity contribution in [1.82, 2.24) is 4.72 Å². The van der Waals surface area contributed by atoms with Crippen molar-refractivity contribution in [3.8, 4) is 6.07 Å². The Morgan fingerprint density at radius 2 is 1.73 bits per heavy atom. The number of sulfonamides is 1. The van der Waals surface area contributed by atoms with E-state index in [4.69, 9.17) is 5.26 Å². The van der Waals surface area contributed by atoms with E-state index in [2.05, 4.69) is 4.72 Å². The van der Waals surface area contributed by atoms with Crippen molar-refractivity contribution in [3.05, 3.63) is 0 Å². The Bertz CT molecular complexity index is 360. The highest BCUT2D eigenvalue weighted by atomic mass is 32.2. The molecule has 0 amide bonds. The summed E-state index contributed by atoms with van der Waals surface area (Å²) in [4.78, 5) is 0. The van der Waals surface area contributed by atoms with Crippen molar-refractivity contribution < 1.29 is 13.5 Å². The molecule has 0 spiro atoms. The molecule has 88 valence electrons. The zero-order valence-electron chi connectivity index (χ0n) is 9.70. The number of nitriles is 1. The Hall–Kier alpha value is -0.640. The third kappa shape index (κ3) is 3.45. The van der Waals surface area contributed by atoms with Crippen LogP contribution in [0.2, 0.25) is 0 Å². The fourth-order valence-corrected chi connectivity index (χ4v) is 1.91. The van der Waals surface area contributed by atoms with Gasteiger partial charge in [-0.1, -0.05) is 0 Å². The predicted molar refractivity (Wildman–Crippen MR) is 57.5 cm³/mol. The monoisotopic (exact) mass is 234 g/mol. The summed E-state index contributed by atoms with van der Waals surface area (Å²) in [5, 5.41) is 17.2. The van der Waals surface area contributed by atoms with E-state index in [1.54, 1.807) is 19.9 Å². The second kappa shape index (κ2) is 4.08. The van der Waals surface area contributed by atoms with Crippen molar-refractivity contribution in [1.29, 1.82) is 5.26 Å². The van der Waals surface area contributed by atoms with Crippen LogP contribution in [0.15, 0.2) is 0 Å². The van der Waals surface area contributed by atoms with Crippen LogP contribution >= 0.6 is 0 Å². The maximum atomic E-state index is 11.6. The Morgan fingerprint density at radius 1 is 1.33 bits per heavy atom. The fraction of sp³-hybridized carbons (Fsp3) is 0.889. The highest BCUT2D eigenvalue weighted by molar-refractivity contribution is 7.90. The molecule has 0 aromatic carbocycles. The summed E-state index contributed by atoms with van der Waals surface area (Å²) < 4.78 is 25.5. The van der Waals surface area contributed by atoms with Gasteiger partial charge in [-0.2, -0.15) is 5.26 Å². The molecule has 1 atom stereocenters. The molecule has 2 N–H and O–H groups in total. The van der Waals surface area contributed by atoms with Gasteiger partial charge < -0.3 is 5.11 Å². The summed E-state index contributed by atoms with van der Waals surface area (Å²) in [7, 11) is -3.72. The zero-order chi connectivity index (χ0) is 12.5. The second-order valence-corrected chi connectivity index (χ2v) is 6.60. The molecule has 0 aromatic rings. The van der Waals surface area contributed by atoms with Crippen LogP contribution in [-0.2, 0) is 10.0 Å².